The van der Waals surface area contributed by atoms with Gasteiger partial charge in [-0.25, -0.2) is 4.98 Å². The highest BCUT2D eigenvalue weighted by Gasteiger charge is 2.39. The topological polar surface area (TPSA) is 59.2 Å². The third-order valence-corrected chi connectivity index (χ3v) is 4.27. The summed E-state index contributed by atoms with van der Waals surface area (Å²) in [6.07, 6.45) is 6.66. The minimum atomic E-state index is -0.413. The van der Waals surface area contributed by atoms with Crippen LogP contribution in [0, 0.1) is 5.92 Å². The van der Waals surface area contributed by atoms with Crippen LogP contribution in [0.15, 0.2) is 18.3 Å². The number of carbonyl (C=O) groups is 1. The monoisotopic (exact) mass is 245 g/mol. The molecule has 1 aromatic heterocycles. The third-order valence-electron chi connectivity index (χ3n) is 4.27. The highest BCUT2D eigenvalue weighted by atomic mass is 16.1. The number of nitrogens with zero attached hydrogens (tertiary/aromatic N) is 2. The van der Waals surface area contributed by atoms with Gasteiger partial charge in [-0.05, 0) is 43.7 Å². The number of carbonyl (C=O) groups excluding carboxylic acids is 1. The first-order chi connectivity index (χ1) is 8.65. The molecule has 2 atom stereocenters. The van der Waals surface area contributed by atoms with Crippen LogP contribution in [-0.2, 0) is 0 Å². The largest absolute Gasteiger partial charge is 0.366 e. The van der Waals surface area contributed by atoms with Crippen LogP contribution in [0.3, 0.4) is 0 Å². The molecule has 18 heavy (non-hydrogen) atoms. The minimum absolute atomic E-state index is 0.413. The normalized spacial score (nSPS) is 30.5. The molecule has 2 aliphatic heterocycles. The van der Waals surface area contributed by atoms with E-state index in [1.54, 1.807) is 12.3 Å². The number of pyridine rings is 1. The Kier molecular flexibility index (Phi) is 2.73. The van der Waals surface area contributed by atoms with Crippen LogP contribution in [0.4, 0.5) is 5.82 Å². The van der Waals surface area contributed by atoms with Crippen molar-refractivity contribution in [2.45, 2.75) is 44.7 Å². The average molecular weight is 245 g/mol. The van der Waals surface area contributed by atoms with Gasteiger partial charge in [0.1, 0.15) is 5.82 Å². The van der Waals surface area contributed by atoms with E-state index in [4.69, 9.17) is 5.73 Å². The molecule has 2 fully saturated rings. The van der Waals surface area contributed by atoms with Crippen molar-refractivity contribution in [3.05, 3.63) is 23.9 Å². The van der Waals surface area contributed by atoms with Gasteiger partial charge < -0.3 is 10.6 Å². The Morgan fingerprint density at radius 3 is 2.50 bits per heavy atom. The lowest BCUT2D eigenvalue weighted by Crippen LogP contribution is -2.42. The maximum absolute atomic E-state index is 11.0. The number of hydrogen-bond donors (Lipinski definition) is 1. The van der Waals surface area contributed by atoms with Gasteiger partial charge in [0.05, 0.1) is 5.56 Å². The summed E-state index contributed by atoms with van der Waals surface area (Å²) in [6.45, 7) is 2.34. The molecular weight excluding hydrogens is 226 g/mol. The first-order valence-electron chi connectivity index (χ1n) is 6.69. The summed E-state index contributed by atoms with van der Waals surface area (Å²) in [6, 6.07) is 4.97. The van der Waals surface area contributed by atoms with E-state index in [0.29, 0.717) is 17.6 Å². The predicted octanol–water partition coefficient (Wildman–Crippen LogP) is 1.95. The van der Waals surface area contributed by atoms with Crippen molar-refractivity contribution in [1.82, 2.24) is 4.98 Å². The fraction of sp³-hybridized carbons (Fsp3) is 0.571. The van der Waals surface area contributed by atoms with E-state index in [1.165, 1.54) is 25.7 Å². The number of rotatable bonds is 2. The Labute approximate surface area is 107 Å². The van der Waals surface area contributed by atoms with E-state index in [2.05, 4.69) is 16.8 Å². The molecule has 2 unspecified atom stereocenters. The van der Waals surface area contributed by atoms with Crippen LogP contribution in [-0.4, -0.2) is 23.0 Å². The molecular formula is C14H19N3O. The summed E-state index contributed by atoms with van der Waals surface area (Å²) in [5.74, 6) is 1.41. The van der Waals surface area contributed by atoms with E-state index in [-0.39, 0.29) is 0 Å². The van der Waals surface area contributed by atoms with Crippen LogP contribution in [0.25, 0.3) is 0 Å². The minimum Gasteiger partial charge on any atom is -0.366 e. The molecule has 96 valence electrons. The predicted molar refractivity (Wildman–Crippen MR) is 70.4 cm³/mol. The van der Waals surface area contributed by atoms with Crippen LogP contribution >= 0.6 is 0 Å². The lowest BCUT2D eigenvalue weighted by molar-refractivity contribution is 0.1000. The molecule has 0 radical (unpaired) electrons. The molecule has 0 spiro atoms. The van der Waals surface area contributed by atoms with Gasteiger partial charge in [-0.2, -0.15) is 0 Å². The zero-order chi connectivity index (χ0) is 12.7. The van der Waals surface area contributed by atoms with Crippen LogP contribution in [0.5, 0.6) is 0 Å². The Hall–Kier alpha value is -1.58. The summed E-state index contributed by atoms with van der Waals surface area (Å²) in [4.78, 5) is 17.9. The van der Waals surface area contributed by atoms with Crippen LogP contribution in [0.2, 0.25) is 0 Å². The van der Waals surface area contributed by atoms with Crippen molar-refractivity contribution in [1.29, 1.82) is 0 Å². The highest BCUT2D eigenvalue weighted by molar-refractivity contribution is 5.92. The van der Waals surface area contributed by atoms with Gasteiger partial charge in [0.2, 0.25) is 5.91 Å². The molecule has 0 saturated carbocycles. The van der Waals surface area contributed by atoms with E-state index >= 15 is 0 Å². The van der Waals surface area contributed by atoms with Crippen LogP contribution in [0.1, 0.15) is 43.0 Å². The van der Waals surface area contributed by atoms with Gasteiger partial charge in [-0.1, -0.05) is 6.92 Å². The maximum Gasteiger partial charge on any atom is 0.250 e. The Morgan fingerprint density at radius 1 is 1.33 bits per heavy atom. The zero-order valence-corrected chi connectivity index (χ0v) is 10.7. The molecule has 1 aromatic rings. The molecule has 4 nitrogen and oxygen atoms in total. The SMILES string of the molecule is CC1CC2CCC(C1)N2c1ccc(C(N)=O)cn1. The molecule has 4 heteroatoms. The van der Waals surface area contributed by atoms with E-state index < -0.39 is 5.91 Å². The second-order valence-electron chi connectivity index (χ2n) is 5.64. The Morgan fingerprint density at radius 2 is 2.00 bits per heavy atom. The number of amides is 1. The molecule has 2 N–H and O–H groups in total. The number of primary amides is 1. The first-order valence-corrected chi connectivity index (χ1v) is 6.69. The van der Waals surface area contributed by atoms with Crippen molar-refractivity contribution >= 4 is 11.7 Å². The molecule has 2 aliphatic rings. The van der Waals surface area contributed by atoms with Crippen molar-refractivity contribution < 1.29 is 4.79 Å². The third kappa shape index (κ3) is 1.85. The second-order valence-corrected chi connectivity index (χ2v) is 5.64. The van der Waals surface area contributed by atoms with Gasteiger partial charge in [-0.3, -0.25) is 4.79 Å². The number of aromatic nitrogens is 1. The number of anilines is 1. The smallest absolute Gasteiger partial charge is 0.250 e. The summed E-state index contributed by atoms with van der Waals surface area (Å²) in [5, 5.41) is 0. The summed E-state index contributed by atoms with van der Waals surface area (Å²) < 4.78 is 0. The van der Waals surface area contributed by atoms with E-state index in [1.807, 2.05) is 6.07 Å². The molecule has 2 bridgehead atoms. The summed E-state index contributed by atoms with van der Waals surface area (Å²) >= 11 is 0. The van der Waals surface area contributed by atoms with Gasteiger partial charge >= 0.3 is 0 Å². The van der Waals surface area contributed by atoms with Crippen molar-refractivity contribution in [3.63, 3.8) is 0 Å². The highest BCUT2D eigenvalue weighted by Crippen LogP contribution is 2.40. The van der Waals surface area contributed by atoms with E-state index in [0.717, 1.165) is 11.7 Å². The van der Waals surface area contributed by atoms with Gasteiger partial charge in [0, 0.05) is 18.3 Å². The fourth-order valence-corrected chi connectivity index (χ4v) is 3.51. The molecule has 3 rings (SSSR count). The van der Waals surface area contributed by atoms with E-state index in [9.17, 15) is 4.79 Å². The Balaban J connectivity index is 1.85. The molecule has 0 aromatic carbocycles. The number of nitrogens with two attached hydrogens (primary N) is 1. The van der Waals surface area contributed by atoms with Gasteiger partial charge in [0.15, 0.2) is 0 Å². The van der Waals surface area contributed by atoms with Gasteiger partial charge in [0.25, 0.3) is 0 Å². The fourth-order valence-electron chi connectivity index (χ4n) is 3.51. The maximum atomic E-state index is 11.0. The molecule has 0 aliphatic carbocycles. The molecule has 3 heterocycles. The first kappa shape index (κ1) is 11.5. The lowest BCUT2D eigenvalue weighted by atomic mass is 9.92. The van der Waals surface area contributed by atoms with Crippen molar-refractivity contribution in [3.8, 4) is 0 Å². The Bertz CT molecular complexity index is 443. The molecule has 2 saturated heterocycles. The van der Waals surface area contributed by atoms with Crippen molar-refractivity contribution in [2.75, 3.05) is 4.90 Å². The summed E-state index contributed by atoms with van der Waals surface area (Å²) in [7, 11) is 0. The second kappa shape index (κ2) is 4.26. The average Bonchev–Trinajstić information content (AvgIpc) is 2.62. The number of fused-ring (bicyclic) bond motifs is 2. The zero-order valence-electron chi connectivity index (χ0n) is 10.7. The van der Waals surface area contributed by atoms with Crippen molar-refractivity contribution in [2.24, 2.45) is 11.7 Å². The number of piperidine rings is 1. The quantitative estimate of drug-likeness (QED) is 0.866. The number of hydrogen-bond acceptors (Lipinski definition) is 3. The lowest BCUT2D eigenvalue weighted by Gasteiger charge is -2.38. The standard InChI is InChI=1S/C14H19N3O/c1-9-6-11-3-4-12(7-9)17(11)13-5-2-10(8-16-13)14(15)18/h2,5,8-9,11-12H,3-4,6-7H2,1H3,(H2,15,18). The van der Waals surface area contributed by atoms with Crippen LogP contribution < -0.4 is 10.6 Å². The van der Waals surface area contributed by atoms with Gasteiger partial charge in [-0.15, -0.1) is 0 Å². The summed E-state index contributed by atoms with van der Waals surface area (Å²) in [5.41, 5.74) is 5.72. The molecule has 1 amide bonds.